The zero-order chi connectivity index (χ0) is 11.3. The molecule has 0 radical (unpaired) electrons. The van der Waals surface area contributed by atoms with Crippen molar-refractivity contribution < 1.29 is 0 Å². The maximum absolute atomic E-state index is 6.03. The molecule has 0 saturated carbocycles. The number of nitrogens with one attached hydrogen (secondary N) is 1. The molecule has 0 amide bonds. The molecule has 1 atom stereocenters. The van der Waals surface area contributed by atoms with Gasteiger partial charge < -0.3 is 5.32 Å². The lowest BCUT2D eigenvalue weighted by Gasteiger charge is -2.14. The smallest absolute Gasteiger partial charge is 0.0451 e. The molecule has 1 nitrogen and oxygen atoms in total. The van der Waals surface area contributed by atoms with Gasteiger partial charge in [0.05, 0.1) is 0 Å². The van der Waals surface area contributed by atoms with Crippen LogP contribution in [0.15, 0.2) is 18.2 Å². The van der Waals surface area contributed by atoms with Gasteiger partial charge in [-0.2, -0.15) is 0 Å². The summed E-state index contributed by atoms with van der Waals surface area (Å²) in [6, 6.07) is 5.79. The predicted molar refractivity (Wildman–Crippen MR) is 68.1 cm³/mol. The van der Waals surface area contributed by atoms with Gasteiger partial charge in [0.2, 0.25) is 0 Å². The Morgan fingerprint density at radius 1 is 1.33 bits per heavy atom. The maximum atomic E-state index is 6.03. The Kier molecular flexibility index (Phi) is 5.77. The van der Waals surface area contributed by atoms with E-state index in [2.05, 4.69) is 12.2 Å². The first-order valence-corrected chi connectivity index (χ1v) is 6.19. The van der Waals surface area contributed by atoms with E-state index in [4.69, 9.17) is 34.8 Å². The summed E-state index contributed by atoms with van der Waals surface area (Å²) in [4.78, 5) is 0. The van der Waals surface area contributed by atoms with Gasteiger partial charge in [0.1, 0.15) is 0 Å². The molecule has 4 heteroatoms. The Balaban J connectivity index is 2.60. The van der Waals surface area contributed by atoms with Gasteiger partial charge >= 0.3 is 0 Å². The first-order chi connectivity index (χ1) is 7.17. The molecule has 0 aliphatic heterocycles. The molecule has 0 aliphatic rings. The van der Waals surface area contributed by atoms with Crippen molar-refractivity contribution >= 4 is 34.8 Å². The van der Waals surface area contributed by atoms with Crippen LogP contribution < -0.4 is 5.32 Å². The van der Waals surface area contributed by atoms with Crippen LogP contribution in [0, 0.1) is 0 Å². The molecular weight excluding hydrogens is 252 g/mol. The summed E-state index contributed by atoms with van der Waals surface area (Å²) in [5.41, 5.74) is 1.01. The number of benzene rings is 1. The van der Waals surface area contributed by atoms with Crippen LogP contribution in [-0.4, -0.2) is 11.9 Å². The molecule has 1 N–H and O–H groups in total. The van der Waals surface area contributed by atoms with Crippen LogP contribution in [0.4, 0.5) is 0 Å². The van der Waals surface area contributed by atoms with E-state index in [0.717, 1.165) is 17.0 Å². The van der Waals surface area contributed by atoms with Gasteiger partial charge in [0.25, 0.3) is 0 Å². The Morgan fingerprint density at radius 3 is 2.67 bits per heavy atom. The summed E-state index contributed by atoms with van der Waals surface area (Å²) in [7, 11) is 0. The topological polar surface area (TPSA) is 12.0 Å². The molecule has 0 bridgehead atoms. The Hall–Kier alpha value is 0.0500. The van der Waals surface area contributed by atoms with Crippen LogP contribution >= 0.6 is 34.8 Å². The van der Waals surface area contributed by atoms with Gasteiger partial charge in [0, 0.05) is 28.5 Å². The monoisotopic (exact) mass is 265 g/mol. The van der Waals surface area contributed by atoms with Crippen LogP contribution in [0.5, 0.6) is 0 Å². The highest BCUT2D eigenvalue weighted by Gasteiger charge is 2.06. The van der Waals surface area contributed by atoms with Crippen molar-refractivity contribution in [1.82, 2.24) is 5.32 Å². The molecule has 15 heavy (non-hydrogen) atoms. The van der Waals surface area contributed by atoms with Crippen molar-refractivity contribution in [3.05, 3.63) is 33.8 Å². The SMILES string of the molecule is CCC(CCl)NCc1cc(Cl)ccc1Cl. The van der Waals surface area contributed by atoms with Crippen LogP contribution in [0.3, 0.4) is 0 Å². The minimum absolute atomic E-state index is 0.321. The standard InChI is InChI=1S/C11H14Cl3N/c1-2-10(6-12)15-7-8-5-9(13)3-4-11(8)14/h3-5,10,15H,2,6-7H2,1H3. The molecule has 1 unspecified atom stereocenters. The number of rotatable bonds is 5. The third-order valence-corrected chi connectivity index (χ3v) is 3.24. The first kappa shape index (κ1) is 13.1. The lowest BCUT2D eigenvalue weighted by molar-refractivity contribution is 0.539. The minimum atomic E-state index is 0.321. The highest BCUT2D eigenvalue weighted by molar-refractivity contribution is 6.33. The maximum Gasteiger partial charge on any atom is 0.0451 e. The van der Waals surface area contributed by atoms with Crippen molar-refractivity contribution in [2.75, 3.05) is 5.88 Å². The van der Waals surface area contributed by atoms with Crippen LogP contribution in [0.25, 0.3) is 0 Å². The van der Waals surface area contributed by atoms with Crippen molar-refractivity contribution in [2.45, 2.75) is 25.9 Å². The van der Waals surface area contributed by atoms with Crippen molar-refractivity contribution in [1.29, 1.82) is 0 Å². The third-order valence-electron chi connectivity index (χ3n) is 2.27. The van der Waals surface area contributed by atoms with Crippen LogP contribution in [0.2, 0.25) is 10.0 Å². The second-order valence-corrected chi connectivity index (χ2v) is 4.53. The summed E-state index contributed by atoms with van der Waals surface area (Å²) in [5.74, 6) is 0.606. The average Bonchev–Trinajstić information content (AvgIpc) is 2.24. The first-order valence-electron chi connectivity index (χ1n) is 4.90. The summed E-state index contributed by atoms with van der Waals surface area (Å²) in [6.45, 7) is 2.80. The van der Waals surface area contributed by atoms with E-state index in [1.54, 1.807) is 6.07 Å². The fourth-order valence-corrected chi connectivity index (χ4v) is 1.95. The van der Waals surface area contributed by atoms with E-state index in [9.17, 15) is 0 Å². The Morgan fingerprint density at radius 2 is 2.07 bits per heavy atom. The van der Waals surface area contributed by atoms with Gasteiger partial charge in [0.15, 0.2) is 0 Å². The van der Waals surface area contributed by atoms with Crippen molar-refractivity contribution in [3.63, 3.8) is 0 Å². The van der Waals surface area contributed by atoms with Gasteiger partial charge in [-0.05, 0) is 30.2 Å². The third kappa shape index (κ3) is 4.20. The minimum Gasteiger partial charge on any atom is -0.309 e. The predicted octanol–water partition coefficient (Wildman–Crippen LogP) is 4.10. The Labute approximate surface area is 106 Å². The largest absolute Gasteiger partial charge is 0.309 e. The molecule has 0 fully saturated rings. The van der Waals surface area contributed by atoms with Crippen LogP contribution in [0.1, 0.15) is 18.9 Å². The zero-order valence-electron chi connectivity index (χ0n) is 8.56. The highest BCUT2D eigenvalue weighted by atomic mass is 35.5. The number of hydrogen-bond acceptors (Lipinski definition) is 1. The van der Waals surface area contributed by atoms with E-state index >= 15 is 0 Å². The zero-order valence-corrected chi connectivity index (χ0v) is 10.8. The van der Waals surface area contributed by atoms with Crippen LogP contribution in [-0.2, 0) is 6.54 Å². The van der Waals surface area contributed by atoms with E-state index < -0.39 is 0 Å². The van der Waals surface area contributed by atoms with E-state index in [1.165, 1.54) is 0 Å². The number of alkyl halides is 1. The molecular formula is C11H14Cl3N. The summed E-state index contributed by atoms with van der Waals surface area (Å²) in [5, 5.41) is 4.76. The summed E-state index contributed by atoms with van der Waals surface area (Å²) >= 11 is 17.7. The van der Waals surface area contributed by atoms with E-state index in [0.29, 0.717) is 23.5 Å². The lowest BCUT2D eigenvalue weighted by atomic mass is 10.2. The summed E-state index contributed by atoms with van der Waals surface area (Å²) in [6.07, 6.45) is 1.00. The van der Waals surface area contributed by atoms with Gasteiger partial charge in [-0.25, -0.2) is 0 Å². The second kappa shape index (κ2) is 6.59. The van der Waals surface area contributed by atoms with Gasteiger partial charge in [-0.3, -0.25) is 0 Å². The molecule has 0 saturated heterocycles. The molecule has 0 aromatic heterocycles. The van der Waals surface area contributed by atoms with Crippen molar-refractivity contribution in [2.24, 2.45) is 0 Å². The molecule has 84 valence electrons. The fraction of sp³-hybridized carbons (Fsp3) is 0.455. The lowest BCUT2D eigenvalue weighted by Crippen LogP contribution is -2.29. The fourth-order valence-electron chi connectivity index (χ4n) is 1.24. The van der Waals surface area contributed by atoms with Gasteiger partial charge in [-0.1, -0.05) is 30.1 Å². The highest BCUT2D eigenvalue weighted by Crippen LogP contribution is 2.20. The van der Waals surface area contributed by atoms with E-state index in [-0.39, 0.29) is 0 Å². The van der Waals surface area contributed by atoms with Gasteiger partial charge in [-0.15, -0.1) is 11.6 Å². The molecule has 0 aliphatic carbocycles. The average molecular weight is 267 g/mol. The molecule has 1 rings (SSSR count). The Bertz CT molecular complexity index is 311. The molecule has 1 aromatic rings. The van der Waals surface area contributed by atoms with Crippen molar-refractivity contribution in [3.8, 4) is 0 Å². The molecule has 0 heterocycles. The summed E-state index contributed by atoms with van der Waals surface area (Å²) < 4.78 is 0. The quantitative estimate of drug-likeness (QED) is 0.791. The second-order valence-electron chi connectivity index (χ2n) is 3.38. The number of hydrogen-bond donors (Lipinski definition) is 1. The molecule has 0 spiro atoms. The molecule has 1 aromatic carbocycles. The number of halogens is 3. The van der Waals surface area contributed by atoms with E-state index in [1.807, 2.05) is 12.1 Å². The normalized spacial score (nSPS) is 12.8.